The lowest BCUT2D eigenvalue weighted by molar-refractivity contribution is 0.0134. The molecule has 2 aliphatic rings. The molecule has 0 bridgehead atoms. The molecular formula is C21H24N2O2S. The van der Waals surface area contributed by atoms with Gasteiger partial charge in [-0.2, -0.15) is 0 Å². The van der Waals surface area contributed by atoms with E-state index in [2.05, 4.69) is 41.3 Å². The normalized spacial score (nSPS) is 19.2. The first kappa shape index (κ1) is 17.6. The van der Waals surface area contributed by atoms with Crippen molar-refractivity contribution in [3.63, 3.8) is 0 Å². The Hall–Kier alpha value is -1.82. The molecule has 0 aromatic heterocycles. The zero-order valence-corrected chi connectivity index (χ0v) is 15.7. The van der Waals surface area contributed by atoms with Crippen LogP contribution in [-0.4, -0.2) is 48.0 Å². The van der Waals surface area contributed by atoms with E-state index in [0.717, 1.165) is 56.1 Å². The Morgan fingerprint density at radius 3 is 2.54 bits per heavy atom. The number of nitrogens with zero attached hydrogens (tertiary/aromatic N) is 2. The fourth-order valence-electron chi connectivity index (χ4n) is 3.73. The number of hydrogen-bond donors (Lipinski definition) is 0. The lowest BCUT2D eigenvalue weighted by atomic mass is 10.0. The van der Waals surface area contributed by atoms with Crippen molar-refractivity contribution in [3.8, 4) is 0 Å². The van der Waals surface area contributed by atoms with Crippen LogP contribution in [0.2, 0.25) is 0 Å². The summed E-state index contributed by atoms with van der Waals surface area (Å²) in [6.45, 7) is 4.23. The second kappa shape index (κ2) is 8.25. The van der Waals surface area contributed by atoms with Crippen molar-refractivity contribution in [1.82, 2.24) is 9.21 Å². The standard InChI is InChI=1S/C21H24N2O2S/c24-21-19-9-5-4-8-18(19)16-26-23(21)11-10-20(17-6-2-1-3-7-17)22-12-14-25-15-13-22/h1-9,20H,10-16H2. The highest BCUT2D eigenvalue weighted by molar-refractivity contribution is 7.96. The van der Waals surface area contributed by atoms with Crippen LogP contribution in [-0.2, 0) is 10.5 Å². The van der Waals surface area contributed by atoms with Gasteiger partial charge >= 0.3 is 0 Å². The first-order chi connectivity index (χ1) is 12.8. The Labute approximate surface area is 159 Å². The summed E-state index contributed by atoms with van der Waals surface area (Å²) in [6.07, 6.45) is 0.935. The molecule has 2 heterocycles. The number of morpholine rings is 1. The van der Waals surface area contributed by atoms with E-state index in [9.17, 15) is 4.79 Å². The van der Waals surface area contributed by atoms with Gasteiger partial charge in [-0.1, -0.05) is 48.5 Å². The maximum atomic E-state index is 12.8. The van der Waals surface area contributed by atoms with Crippen molar-refractivity contribution >= 4 is 17.9 Å². The van der Waals surface area contributed by atoms with Crippen LogP contribution >= 0.6 is 11.9 Å². The molecule has 0 aliphatic carbocycles. The largest absolute Gasteiger partial charge is 0.379 e. The molecule has 0 N–H and O–H groups in total. The summed E-state index contributed by atoms with van der Waals surface area (Å²) in [5, 5.41) is 0. The first-order valence-electron chi connectivity index (χ1n) is 9.22. The molecule has 2 aromatic carbocycles. The van der Waals surface area contributed by atoms with E-state index in [1.54, 1.807) is 11.9 Å². The second-order valence-corrected chi connectivity index (χ2v) is 7.69. The number of carbonyl (C=O) groups is 1. The van der Waals surface area contributed by atoms with E-state index in [4.69, 9.17) is 4.74 Å². The summed E-state index contributed by atoms with van der Waals surface area (Å²) in [4.78, 5) is 15.3. The molecule has 1 saturated heterocycles. The second-order valence-electron chi connectivity index (χ2n) is 6.70. The zero-order valence-electron chi connectivity index (χ0n) is 14.8. The molecule has 0 radical (unpaired) electrons. The third-order valence-corrected chi connectivity index (χ3v) is 6.23. The van der Waals surface area contributed by atoms with E-state index >= 15 is 0 Å². The Balaban J connectivity index is 1.47. The lowest BCUT2D eigenvalue weighted by Crippen LogP contribution is -2.40. The van der Waals surface area contributed by atoms with E-state index < -0.39 is 0 Å². The molecule has 0 saturated carbocycles. The molecule has 1 fully saturated rings. The number of hydrogen-bond acceptors (Lipinski definition) is 4. The van der Waals surface area contributed by atoms with E-state index in [-0.39, 0.29) is 5.91 Å². The molecule has 26 heavy (non-hydrogen) atoms. The minimum Gasteiger partial charge on any atom is -0.379 e. The highest BCUT2D eigenvalue weighted by Crippen LogP contribution is 2.32. The van der Waals surface area contributed by atoms with Crippen LogP contribution in [0.4, 0.5) is 0 Å². The quantitative estimate of drug-likeness (QED) is 0.753. The number of amides is 1. The minimum atomic E-state index is 0.144. The van der Waals surface area contributed by atoms with Crippen molar-refractivity contribution < 1.29 is 9.53 Å². The minimum absolute atomic E-state index is 0.144. The first-order valence-corrected chi connectivity index (χ1v) is 10.2. The monoisotopic (exact) mass is 368 g/mol. The van der Waals surface area contributed by atoms with Crippen molar-refractivity contribution in [2.24, 2.45) is 0 Å². The van der Waals surface area contributed by atoms with E-state index in [0.29, 0.717) is 6.04 Å². The van der Waals surface area contributed by atoms with Gasteiger partial charge in [-0.05, 0) is 35.6 Å². The van der Waals surface area contributed by atoms with Gasteiger partial charge in [0.05, 0.1) is 13.2 Å². The third-order valence-electron chi connectivity index (χ3n) is 5.13. The van der Waals surface area contributed by atoms with Crippen molar-refractivity contribution in [1.29, 1.82) is 0 Å². The van der Waals surface area contributed by atoms with Gasteiger partial charge in [0.2, 0.25) is 0 Å². The topological polar surface area (TPSA) is 32.8 Å². The highest BCUT2D eigenvalue weighted by atomic mass is 32.2. The van der Waals surface area contributed by atoms with Crippen LogP contribution in [0.1, 0.15) is 33.9 Å². The Morgan fingerprint density at radius 2 is 1.73 bits per heavy atom. The average molecular weight is 369 g/mol. The van der Waals surface area contributed by atoms with Gasteiger partial charge in [0, 0.05) is 37.0 Å². The fraction of sp³-hybridized carbons (Fsp3) is 0.381. The Bertz CT molecular complexity index is 747. The number of benzene rings is 2. The number of fused-ring (bicyclic) bond motifs is 1. The summed E-state index contributed by atoms with van der Waals surface area (Å²) < 4.78 is 7.47. The zero-order chi connectivity index (χ0) is 17.8. The third kappa shape index (κ3) is 3.80. The molecule has 1 amide bonds. The van der Waals surface area contributed by atoms with Gasteiger partial charge in [-0.25, -0.2) is 0 Å². The Kier molecular flexibility index (Phi) is 5.58. The molecule has 136 valence electrons. The predicted molar refractivity (Wildman–Crippen MR) is 105 cm³/mol. The van der Waals surface area contributed by atoms with Gasteiger partial charge < -0.3 is 4.74 Å². The van der Waals surface area contributed by atoms with E-state index in [1.807, 2.05) is 22.5 Å². The molecular weight excluding hydrogens is 344 g/mol. The van der Waals surface area contributed by atoms with Crippen molar-refractivity contribution in [3.05, 3.63) is 71.3 Å². The van der Waals surface area contributed by atoms with Crippen LogP contribution in [0.15, 0.2) is 54.6 Å². The Morgan fingerprint density at radius 1 is 1.00 bits per heavy atom. The molecule has 4 rings (SSSR count). The fourth-order valence-corrected chi connectivity index (χ4v) is 4.72. The van der Waals surface area contributed by atoms with Gasteiger partial charge in [-0.3, -0.25) is 14.0 Å². The van der Waals surface area contributed by atoms with Gasteiger partial charge in [0.25, 0.3) is 5.91 Å². The number of rotatable bonds is 5. The summed E-state index contributed by atoms with van der Waals surface area (Å²) >= 11 is 1.64. The molecule has 0 spiro atoms. The van der Waals surface area contributed by atoms with E-state index in [1.165, 1.54) is 5.56 Å². The maximum absolute atomic E-state index is 12.8. The lowest BCUT2D eigenvalue weighted by Gasteiger charge is -2.36. The van der Waals surface area contributed by atoms with Crippen molar-refractivity contribution in [2.75, 3.05) is 32.8 Å². The smallest absolute Gasteiger partial charge is 0.264 e. The number of carbonyl (C=O) groups excluding carboxylic acids is 1. The predicted octanol–water partition coefficient (Wildman–Crippen LogP) is 3.75. The van der Waals surface area contributed by atoms with Crippen LogP contribution in [0, 0.1) is 0 Å². The summed E-state index contributed by atoms with van der Waals surface area (Å²) in [5.41, 5.74) is 3.32. The average Bonchev–Trinajstić information content (AvgIpc) is 2.71. The molecule has 4 nitrogen and oxygen atoms in total. The number of ether oxygens (including phenoxy) is 1. The molecule has 5 heteroatoms. The van der Waals surface area contributed by atoms with Crippen LogP contribution in [0.3, 0.4) is 0 Å². The maximum Gasteiger partial charge on any atom is 0.264 e. The summed E-state index contributed by atoms with van der Waals surface area (Å²) in [6, 6.07) is 18.9. The van der Waals surface area contributed by atoms with Gasteiger partial charge in [-0.15, -0.1) is 0 Å². The van der Waals surface area contributed by atoms with Gasteiger partial charge in [0.15, 0.2) is 0 Å². The SMILES string of the molecule is O=C1c2ccccc2CSN1CCC(c1ccccc1)N1CCOCC1. The van der Waals surface area contributed by atoms with Crippen LogP contribution in [0.25, 0.3) is 0 Å². The van der Waals surface area contributed by atoms with Crippen LogP contribution in [0.5, 0.6) is 0 Å². The summed E-state index contributed by atoms with van der Waals surface area (Å²) in [5.74, 6) is 1.01. The molecule has 1 atom stereocenters. The van der Waals surface area contributed by atoms with Gasteiger partial charge in [0.1, 0.15) is 0 Å². The molecule has 1 unspecified atom stereocenters. The van der Waals surface area contributed by atoms with Crippen molar-refractivity contribution in [2.45, 2.75) is 18.2 Å². The molecule has 2 aliphatic heterocycles. The summed E-state index contributed by atoms with van der Waals surface area (Å²) in [7, 11) is 0. The highest BCUT2D eigenvalue weighted by Gasteiger charge is 2.28. The molecule has 2 aromatic rings. The van der Waals surface area contributed by atoms with Crippen LogP contribution < -0.4 is 0 Å².